The van der Waals surface area contributed by atoms with E-state index >= 15 is 0 Å². The average molecular weight is 893 g/mol. The van der Waals surface area contributed by atoms with Gasteiger partial charge >= 0.3 is 0 Å². The van der Waals surface area contributed by atoms with Crippen molar-refractivity contribution in [2.45, 2.75) is 51.9 Å². The van der Waals surface area contributed by atoms with Crippen LogP contribution < -0.4 is 10.6 Å². The number of nitrogens with one attached hydrogen (secondary N) is 2. The predicted octanol–water partition coefficient (Wildman–Crippen LogP) is 3.70. The van der Waals surface area contributed by atoms with Crippen molar-refractivity contribution in [2.24, 2.45) is 0 Å². The highest BCUT2D eigenvalue weighted by Gasteiger charge is 2.18. The fourth-order valence-corrected chi connectivity index (χ4v) is 6.63. The Morgan fingerprint density at radius 3 is 1.45 bits per heavy atom. The van der Waals surface area contributed by atoms with Crippen molar-refractivity contribution in [1.82, 2.24) is 70.7 Å². The molecule has 0 unspecified atom stereocenters. The summed E-state index contributed by atoms with van der Waals surface area (Å²) < 4.78 is 16.1. The van der Waals surface area contributed by atoms with Crippen LogP contribution in [0.3, 0.4) is 0 Å². The first kappa shape index (κ1) is 39.1. The molecule has 20 heteroatoms. The lowest BCUT2D eigenvalue weighted by Crippen LogP contribution is -2.40. The van der Waals surface area contributed by atoms with Crippen LogP contribution in [0.5, 0.6) is 0 Å². The Balaban J connectivity index is 0.944. The predicted molar refractivity (Wildman–Crippen MR) is 208 cm³/mol. The lowest BCUT2D eigenvalue weighted by atomic mass is 10.2. The molecule has 5 heterocycles. The molecule has 7 rings (SSSR count). The highest BCUT2D eigenvalue weighted by molar-refractivity contribution is 9.10. The van der Waals surface area contributed by atoms with Gasteiger partial charge in [0, 0.05) is 46.3 Å². The molecular weight excluding hydrogens is 852 g/mol. The fourth-order valence-electron chi connectivity index (χ4n) is 6.10. The minimum atomic E-state index is -0.0605. The number of amides is 2. The summed E-state index contributed by atoms with van der Waals surface area (Å²) in [4.78, 5) is 39.0. The summed E-state index contributed by atoms with van der Waals surface area (Å²) in [6.07, 6.45) is 6.71. The van der Waals surface area contributed by atoms with Crippen LogP contribution in [0.2, 0.25) is 0 Å². The molecule has 56 heavy (non-hydrogen) atoms. The van der Waals surface area contributed by atoms with Crippen molar-refractivity contribution in [3.63, 3.8) is 0 Å². The third kappa shape index (κ3) is 11.4. The molecule has 292 valence electrons. The van der Waals surface area contributed by atoms with Crippen molar-refractivity contribution in [1.29, 1.82) is 0 Å². The standard InChI is InChI=1S/C36H40Br2N14O4/c37-27-9-5-25(6-10-27)35-41-33(55-45-35)23-51-19-29(43-47-51)17-49-15-3-4-16-50(22-32(54)40-14-2-1-13-39-31(53)21-49)18-30-20-52(48-44-30)24-34-42-36(46-56-34)26-7-11-28(38)12-8-26/h5-12,19-20H,1-4,13-18,21-24H2,(H,39,53)(H,40,54). The van der Waals surface area contributed by atoms with Crippen LogP contribution in [-0.4, -0.2) is 111 Å². The number of halogens is 2. The lowest BCUT2D eigenvalue weighted by molar-refractivity contribution is -0.123. The molecule has 18 nitrogen and oxygen atoms in total. The molecule has 2 amide bonds. The van der Waals surface area contributed by atoms with Gasteiger partial charge in [-0.3, -0.25) is 19.4 Å². The van der Waals surface area contributed by atoms with Gasteiger partial charge in [0.25, 0.3) is 0 Å². The summed E-state index contributed by atoms with van der Waals surface area (Å²) >= 11 is 6.88. The molecule has 1 aliphatic rings. The van der Waals surface area contributed by atoms with Crippen LogP contribution in [0.15, 0.2) is 78.9 Å². The van der Waals surface area contributed by atoms with Crippen molar-refractivity contribution in [3.8, 4) is 22.8 Å². The molecule has 0 aliphatic carbocycles. The molecular formula is C36H40Br2N14O4. The van der Waals surface area contributed by atoms with E-state index in [1.54, 1.807) is 9.36 Å². The Morgan fingerprint density at radius 1 is 0.589 bits per heavy atom. The molecule has 0 saturated carbocycles. The van der Waals surface area contributed by atoms with Crippen LogP contribution in [0, 0.1) is 0 Å². The number of nitrogens with zero attached hydrogens (tertiary/aromatic N) is 12. The molecule has 0 bridgehead atoms. The molecule has 2 N–H and O–H groups in total. The number of carbonyl (C=O) groups excluding carboxylic acids is 2. The summed E-state index contributed by atoms with van der Waals surface area (Å²) in [6.45, 7) is 4.18. The normalized spacial score (nSPS) is 15.8. The van der Waals surface area contributed by atoms with Crippen molar-refractivity contribution in [3.05, 3.63) is 93.0 Å². The fraction of sp³-hybridized carbons (Fsp3) is 0.389. The molecule has 0 atom stereocenters. The van der Waals surface area contributed by atoms with E-state index in [2.05, 4.69) is 93.2 Å². The molecule has 2 aromatic carbocycles. The largest absolute Gasteiger partial charge is 0.355 e. The molecule has 0 radical (unpaired) electrons. The second kappa shape index (κ2) is 19.1. The summed E-state index contributed by atoms with van der Waals surface area (Å²) in [5, 5.41) is 31.5. The van der Waals surface area contributed by atoms with Gasteiger partial charge < -0.3 is 19.7 Å². The minimum absolute atomic E-state index is 0.0605. The Kier molecular flexibility index (Phi) is 13.3. The van der Waals surface area contributed by atoms with Crippen molar-refractivity contribution < 1.29 is 18.6 Å². The maximum absolute atomic E-state index is 12.9. The number of carbonyl (C=O) groups is 2. The zero-order valence-corrected chi connectivity index (χ0v) is 33.6. The van der Waals surface area contributed by atoms with Crippen LogP contribution in [-0.2, 0) is 35.8 Å². The molecule has 1 aliphatic heterocycles. The van der Waals surface area contributed by atoms with Gasteiger partial charge in [-0.15, -0.1) is 10.2 Å². The quantitative estimate of drug-likeness (QED) is 0.202. The summed E-state index contributed by atoms with van der Waals surface area (Å²) in [5.41, 5.74) is 3.12. The molecule has 0 spiro atoms. The van der Waals surface area contributed by atoms with Gasteiger partial charge in [-0.2, -0.15) is 9.97 Å². The summed E-state index contributed by atoms with van der Waals surface area (Å²) in [5.74, 6) is 1.68. The topological polar surface area (TPSA) is 204 Å². The van der Waals surface area contributed by atoms with Crippen molar-refractivity contribution >= 4 is 43.7 Å². The van der Waals surface area contributed by atoms with Gasteiger partial charge in [0.1, 0.15) is 13.1 Å². The Hall–Kier alpha value is -5.18. The average Bonchev–Trinajstić information content (AvgIpc) is 4.02. The van der Waals surface area contributed by atoms with Gasteiger partial charge in [0.2, 0.25) is 35.2 Å². The summed E-state index contributed by atoms with van der Waals surface area (Å²) in [7, 11) is 0. The molecule has 6 aromatic rings. The van der Waals surface area contributed by atoms with E-state index < -0.39 is 0 Å². The smallest absolute Gasteiger partial charge is 0.248 e. The number of hydrogen-bond donors (Lipinski definition) is 2. The molecule has 4 aromatic heterocycles. The van der Waals surface area contributed by atoms with Crippen LogP contribution in [0.4, 0.5) is 0 Å². The second-order valence-corrected chi connectivity index (χ2v) is 15.2. The van der Waals surface area contributed by atoms with E-state index in [1.807, 2.05) is 60.9 Å². The van der Waals surface area contributed by atoms with Gasteiger partial charge in [0.05, 0.1) is 36.9 Å². The highest BCUT2D eigenvalue weighted by Crippen LogP contribution is 2.21. The van der Waals surface area contributed by atoms with E-state index in [4.69, 9.17) is 9.05 Å². The van der Waals surface area contributed by atoms with E-state index in [1.165, 1.54) is 0 Å². The first-order valence-corrected chi connectivity index (χ1v) is 19.8. The van der Waals surface area contributed by atoms with Crippen LogP contribution in [0.25, 0.3) is 22.8 Å². The third-order valence-electron chi connectivity index (χ3n) is 8.86. The number of benzene rings is 2. The minimum Gasteiger partial charge on any atom is -0.355 e. The molecule has 1 saturated heterocycles. The Labute approximate surface area is 338 Å². The van der Waals surface area contributed by atoms with Crippen LogP contribution in [0.1, 0.15) is 48.9 Å². The van der Waals surface area contributed by atoms with E-state index in [9.17, 15) is 9.59 Å². The lowest BCUT2D eigenvalue weighted by Gasteiger charge is -2.23. The van der Waals surface area contributed by atoms with Crippen LogP contribution >= 0.6 is 31.9 Å². The SMILES string of the molecule is O=C1CN(Cc2cn(Cc3nc(-c4ccc(Br)cc4)no3)nn2)CCCCN(Cc2cn(Cc3nc(-c4ccc(Br)cc4)no3)nn2)CC(=O)NCCCCN1. The monoisotopic (exact) mass is 890 g/mol. The number of rotatable bonds is 10. The van der Waals surface area contributed by atoms with Gasteiger partial charge in [-0.1, -0.05) is 52.6 Å². The molecule has 1 fully saturated rings. The zero-order chi connectivity index (χ0) is 38.7. The first-order valence-electron chi connectivity index (χ1n) is 18.2. The Bertz CT molecular complexity index is 2030. The zero-order valence-electron chi connectivity index (χ0n) is 30.4. The van der Waals surface area contributed by atoms with E-state index in [0.717, 1.165) is 45.8 Å². The van der Waals surface area contributed by atoms with Crippen molar-refractivity contribution in [2.75, 3.05) is 39.3 Å². The number of aromatic nitrogens is 10. The maximum Gasteiger partial charge on any atom is 0.248 e. The first-order chi connectivity index (χ1) is 27.3. The third-order valence-corrected chi connectivity index (χ3v) is 9.92. The van der Waals surface area contributed by atoms with E-state index in [0.29, 0.717) is 74.1 Å². The summed E-state index contributed by atoms with van der Waals surface area (Å²) in [6, 6.07) is 15.3. The number of hydrogen-bond acceptors (Lipinski definition) is 14. The van der Waals surface area contributed by atoms with Gasteiger partial charge in [-0.25, -0.2) is 9.36 Å². The van der Waals surface area contributed by atoms with Gasteiger partial charge in [0.15, 0.2) is 0 Å². The highest BCUT2D eigenvalue weighted by atomic mass is 79.9. The van der Waals surface area contributed by atoms with Gasteiger partial charge in [-0.05, 0) is 87.3 Å². The van der Waals surface area contributed by atoms with E-state index in [-0.39, 0.29) is 38.0 Å². The second-order valence-electron chi connectivity index (χ2n) is 13.4. The maximum atomic E-state index is 12.9. The Morgan fingerprint density at radius 2 is 1.02 bits per heavy atom.